The van der Waals surface area contributed by atoms with Crippen molar-refractivity contribution < 1.29 is 8.78 Å². The second-order valence-corrected chi connectivity index (χ2v) is 3.53. The minimum Gasteiger partial charge on any atom is -0.309 e. The van der Waals surface area contributed by atoms with Crippen molar-refractivity contribution in [2.45, 2.75) is 45.1 Å². The van der Waals surface area contributed by atoms with Crippen LogP contribution in [0.3, 0.4) is 0 Å². The highest BCUT2D eigenvalue weighted by Gasteiger charge is 2.26. The number of rotatable bonds is 5. The molecule has 0 amide bonds. The first-order valence-corrected chi connectivity index (χ1v) is 4.75. The maximum atomic E-state index is 12.3. The molecule has 3 heteroatoms. The fourth-order valence-corrected chi connectivity index (χ4v) is 1.63. The predicted molar refractivity (Wildman–Crippen MR) is 45.4 cm³/mol. The zero-order chi connectivity index (χ0) is 8.97. The number of alkyl halides is 2. The summed E-state index contributed by atoms with van der Waals surface area (Å²) >= 11 is 0. The van der Waals surface area contributed by atoms with Crippen molar-refractivity contribution in [1.29, 1.82) is 0 Å². The van der Waals surface area contributed by atoms with Crippen LogP contribution in [0.1, 0.15) is 32.6 Å². The lowest BCUT2D eigenvalue weighted by molar-refractivity contribution is 0.0772. The van der Waals surface area contributed by atoms with Gasteiger partial charge in [0.25, 0.3) is 6.43 Å². The van der Waals surface area contributed by atoms with Gasteiger partial charge in [-0.25, -0.2) is 8.78 Å². The van der Waals surface area contributed by atoms with E-state index in [0.717, 1.165) is 12.8 Å². The lowest BCUT2D eigenvalue weighted by Gasteiger charge is -2.29. The number of hydrogen-bond acceptors (Lipinski definition) is 1. The van der Waals surface area contributed by atoms with E-state index in [9.17, 15) is 8.78 Å². The Kier molecular flexibility index (Phi) is 3.92. The van der Waals surface area contributed by atoms with Gasteiger partial charge in [0.15, 0.2) is 0 Å². The second kappa shape index (κ2) is 4.75. The molecule has 0 heterocycles. The minimum absolute atomic E-state index is 0.558. The van der Waals surface area contributed by atoms with E-state index in [1.165, 1.54) is 6.42 Å². The summed E-state index contributed by atoms with van der Waals surface area (Å²) in [6.45, 7) is 2.51. The van der Waals surface area contributed by atoms with Crippen molar-refractivity contribution in [1.82, 2.24) is 5.32 Å². The first-order valence-electron chi connectivity index (χ1n) is 4.75. The van der Waals surface area contributed by atoms with Crippen molar-refractivity contribution in [3.05, 3.63) is 0 Å². The van der Waals surface area contributed by atoms with Crippen LogP contribution in [-0.4, -0.2) is 19.0 Å². The fourth-order valence-electron chi connectivity index (χ4n) is 1.63. The van der Waals surface area contributed by atoms with E-state index in [4.69, 9.17) is 0 Å². The van der Waals surface area contributed by atoms with Crippen LogP contribution in [0.5, 0.6) is 0 Å². The van der Waals surface area contributed by atoms with Crippen LogP contribution in [0, 0.1) is 5.92 Å². The Labute approximate surface area is 72.5 Å². The molecule has 1 aliphatic rings. The quantitative estimate of drug-likeness (QED) is 0.680. The summed E-state index contributed by atoms with van der Waals surface area (Å²) in [6.07, 6.45) is 1.98. The highest BCUT2D eigenvalue weighted by molar-refractivity contribution is 4.78. The Hall–Kier alpha value is -0.180. The monoisotopic (exact) mass is 177 g/mol. The van der Waals surface area contributed by atoms with E-state index < -0.39 is 12.5 Å². The topological polar surface area (TPSA) is 12.0 Å². The maximum absolute atomic E-state index is 12.3. The van der Waals surface area contributed by atoms with Crippen LogP contribution in [0.15, 0.2) is 0 Å². The van der Waals surface area contributed by atoms with Crippen LogP contribution in [0.2, 0.25) is 0 Å². The summed E-state index contributed by atoms with van der Waals surface area (Å²) < 4.78 is 24.7. The molecule has 0 spiro atoms. The zero-order valence-corrected chi connectivity index (χ0v) is 7.52. The summed E-state index contributed by atoms with van der Waals surface area (Å²) in [5, 5.41) is 2.83. The first kappa shape index (κ1) is 9.90. The van der Waals surface area contributed by atoms with E-state index in [1.54, 1.807) is 0 Å². The van der Waals surface area contributed by atoms with E-state index in [-0.39, 0.29) is 0 Å². The normalized spacial score (nSPS) is 21.0. The van der Waals surface area contributed by atoms with Crippen LogP contribution in [-0.2, 0) is 0 Å². The summed E-state index contributed by atoms with van der Waals surface area (Å²) in [4.78, 5) is 0. The second-order valence-electron chi connectivity index (χ2n) is 3.53. The lowest BCUT2D eigenvalue weighted by Crippen LogP contribution is -2.38. The van der Waals surface area contributed by atoms with E-state index in [2.05, 4.69) is 5.32 Å². The van der Waals surface area contributed by atoms with E-state index in [0.29, 0.717) is 18.9 Å². The van der Waals surface area contributed by atoms with Gasteiger partial charge in [-0.15, -0.1) is 0 Å². The molecule has 1 atom stereocenters. The van der Waals surface area contributed by atoms with Gasteiger partial charge in [0.2, 0.25) is 0 Å². The molecule has 0 aromatic heterocycles. The molecule has 0 radical (unpaired) electrons. The third-order valence-corrected chi connectivity index (χ3v) is 2.58. The lowest BCUT2D eigenvalue weighted by atomic mass is 9.81. The Morgan fingerprint density at radius 2 is 2.08 bits per heavy atom. The van der Waals surface area contributed by atoms with Gasteiger partial charge >= 0.3 is 0 Å². The van der Waals surface area contributed by atoms with Gasteiger partial charge in [0.05, 0.1) is 6.04 Å². The van der Waals surface area contributed by atoms with Crippen LogP contribution < -0.4 is 5.32 Å². The summed E-state index contributed by atoms with van der Waals surface area (Å²) in [7, 11) is 0. The van der Waals surface area contributed by atoms with Crippen molar-refractivity contribution in [3.8, 4) is 0 Å². The molecule has 1 saturated carbocycles. The molecule has 0 saturated heterocycles. The highest BCUT2D eigenvalue weighted by Crippen LogP contribution is 2.31. The molecular formula is C9H17F2N. The van der Waals surface area contributed by atoms with Gasteiger partial charge in [-0.3, -0.25) is 0 Å². The molecule has 1 fully saturated rings. The van der Waals surface area contributed by atoms with E-state index >= 15 is 0 Å². The summed E-state index contributed by atoms with van der Waals surface area (Å²) in [5.74, 6) is 0.558. The largest absolute Gasteiger partial charge is 0.309 e. The molecule has 1 unspecified atom stereocenters. The standard InChI is InChI=1S/C9H17F2N/c1-2-12-8(9(10)11)6-7-4-3-5-7/h7-9,12H,2-6H2,1H3. The third-order valence-electron chi connectivity index (χ3n) is 2.58. The van der Waals surface area contributed by atoms with Crippen molar-refractivity contribution in [2.75, 3.05) is 6.54 Å². The Morgan fingerprint density at radius 1 is 1.42 bits per heavy atom. The Bertz CT molecular complexity index is 124. The maximum Gasteiger partial charge on any atom is 0.253 e. The molecule has 1 rings (SSSR count). The molecular weight excluding hydrogens is 160 g/mol. The Balaban J connectivity index is 2.21. The van der Waals surface area contributed by atoms with Crippen LogP contribution in [0.4, 0.5) is 8.78 Å². The fraction of sp³-hybridized carbons (Fsp3) is 1.00. The predicted octanol–water partition coefficient (Wildman–Crippen LogP) is 2.42. The van der Waals surface area contributed by atoms with Gasteiger partial charge in [-0.1, -0.05) is 26.2 Å². The molecule has 0 aliphatic heterocycles. The molecule has 0 aromatic carbocycles. The van der Waals surface area contributed by atoms with Crippen molar-refractivity contribution in [3.63, 3.8) is 0 Å². The first-order chi connectivity index (χ1) is 5.74. The van der Waals surface area contributed by atoms with Gasteiger partial charge in [0.1, 0.15) is 0 Å². The summed E-state index contributed by atoms with van der Waals surface area (Å²) in [6, 6.07) is -0.569. The van der Waals surface area contributed by atoms with Gasteiger partial charge in [-0.2, -0.15) is 0 Å². The average molecular weight is 177 g/mol. The van der Waals surface area contributed by atoms with Crippen LogP contribution >= 0.6 is 0 Å². The summed E-state index contributed by atoms with van der Waals surface area (Å²) in [5.41, 5.74) is 0. The zero-order valence-electron chi connectivity index (χ0n) is 7.52. The average Bonchev–Trinajstić information content (AvgIpc) is 1.93. The molecule has 1 nitrogen and oxygen atoms in total. The van der Waals surface area contributed by atoms with Crippen molar-refractivity contribution in [2.24, 2.45) is 5.92 Å². The molecule has 1 N–H and O–H groups in total. The molecule has 0 aromatic rings. The highest BCUT2D eigenvalue weighted by atomic mass is 19.3. The van der Waals surface area contributed by atoms with E-state index in [1.807, 2.05) is 6.92 Å². The molecule has 12 heavy (non-hydrogen) atoms. The number of halogens is 2. The molecule has 72 valence electrons. The third kappa shape index (κ3) is 2.70. The minimum atomic E-state index is -2.20. The van der Waals surface area contributed by atoms with Gasteiger partial charge in [-0.05, 0) is 18.9 Å². The smallest absolute Gasteiger partial charge is 0.253 e. The van der Waals surface area contributed by atoms with Gasteiger partial charge in [0, 0.05) is 0 Å². The SMILES string of the molecule is CCNC(CC1CCC1)C(F)F. The molecule has 1 aliphatic carbocycles. The molecule has 0 bridgehead atoms. The Morgan fingerprint density at radius 3 is 2.42 bits per heavy atom. The number of nitrogens with one attached hydrogen (secondary N) is 1. The van der Waals surface area contributed by atoms with Crippen LogP contribution in [0.25, 0.3) is 0 Å². The number of hydrogen-bond donors (Lipinski definition) is 1. The van der Waals surface area contributed by atoms with Gasteiger partial charge < -0.3 is 5.32 Å². The van der Waals surface area contributed by atoms with Crippen molar-refractivity contribution >= 4 is 0 Å².